The topological polar surface area (TPSA) is 120 Å². The number of hydrazone groups is 2. The van der Waals surface area contributed by atoms with Gasteiger partial charge in [-0.1, -0.05) is 0 Å². The molecule has 0 amide bonds. The maximum atomic E-state index is 5.44. The van der Waals surface area contributed by atoms with Crippen LogP contribution in [-0.2, 0) is 9.47 Å². The van der Waals surface area contributed by atoms with E-state index in [4.69, 9.17) is 21.2 Å². The molecule has 0 aromatic rings. The first kappa shape index (κ1) is 20.2. The van der Waals surface area contributed by atoms with E-state index in [9.17, 15) is 0 Å². The van der Waals surface area contributed by atoms with E-state index < -0.39 is 0 Å². The molecule has 0 heterocycles. The number of aliphatic imine (C=N–C) groups is 2. The normalized spacial score (nSPS) is 13.5. The van der Waals surface area contributed by atoms with Crippen molar-refractivity contribution in [1.82, 2.24) is 0 Å². The molecule has 0 saturated heterocycles. The van der Waals surface area contributed by atoms with Crippen molar-refractivity contribution in [3.63, 3.8) is 0 Å². The molecule has 0 aromatic heterocycles. The molecule has 0 atom stereocenters. The fourth-order valence-corrected chi connectivity index (χ4v) is 1.31. The number of ether oxygens (including phenoxy) is 2. The zero-order valence-electron chi connectivity index (χ0n) is 13.6. The molecule has 0 unspecified atom stereocenters. The number of unbranched alkanes of at least 4 members (excludes halogenated alkanes) is 1. The van der Waals surface area contributed by atoms with Crippen LogP contribution in [0.1, 0.15) is 26.7 Å². The van der Waals surface area contributed by atoms with Gasteiger partial charge in [0.2, 0.25) is 0 Å². The summed E-state index contributed by atoms with van der Waals surface area (Å²) in [6.07, 6.45) is 5.21. The maximum Gasteiger partial charge on any atom is 0.0747 e. The summed E-state index contributed by atoms with van der Waals surface area (Å²) < 4.78 is 10.9. The van der Waals surface area contributed by atoms with Gasteiger partial charge in [-0.2, -0.15) is 10.2 Å². The standard InChI is InChI=1S/C14H28N6O2/c1-13(19-15)11-17-5-9-21-7-3-4-8-22-10-6-18-12-14(2)20-16/h11-12H,3-10,15-16H2,1-2H3. The Kier molecular flexibility index (Phi) is 14.3. The molecule has 22 heavy (non-hydrogen) atoms. The Hall–Kier alpha value is -1.80. The number of nitrogens with two attached hydrogens (primary N) is 2. The highest BCUT2D eigenvalue weighted by Crippen LogP contribution is 1.92. The summed E-state index contributed by atoms with van der Waals surface area (Å²) in [5.41, 5.74) is 1.40. The molecule has 0 aliphatic rings. The largest absolute Gasteiger partial charge is 0.380 e. The summed E-state index contributed by atoms with van der Waals surface area (Å²) in [6, 6.07) is 0. The van der Waals surface area contributed by atoms with E-state index >= 15 is 0 Å². The minimum absolute atomic E-state index is 0.603. The molecule has 8 heteroatoms. The van der Waals surface area contributed by atoms with Crippen LogP contribution >= 0.6 is 0 Å². The highest BCUT2D eigenvalue weighted by atomic mass is 16.5. The number of hydrogen-bond donors (Lipinski definition) is 2. The highest BCUT2D eigenvalue weighted by molar-refractivity contribution is 6.29. The van der Waals surface area contributed by atoms with Gasteiger partial charge < -0.3 is 21.2 Å². The monoisotopic (exact) mass is 312 g/mol. The highest BCUT2D eigenvalue weighted by Gasteiger charge is 1.91. The van der Waals surface area contributed by atoms with Crippen LogP contribution in [-0.4, -0.2) is 63.4 Å². The quantitative estimate of drug-likeness (QED) is 0.224. The minimum Gasteiger partial charge on any atom is -0.380 e. The molecule has 0 rings (SSSR count). The van der Waals surface area contributed by atoms with Gasteiger partial charge in [0, 0.05) is 25.6 Å². The van der Waals surface area contributed by atoms with Gasteiger partial charge in [-0.25, -0.2) is 0 Å². The van der Waals surface area contributed by atoms with Gasteiger partial charge in [0.25, 0.3) is 0 Å². The van der Waals surface area contributed by atoms with Crippen molar-refractivity contribution in [1.29, 1.82) is 0 Å². The second-order valence-electron chi connectivity index (χ2n) is 4.54. The van der Waals surface area contributed by atoms with E-state index in [1.54, 1.807) is 26.3 Å². The number of nitrogens with zero attached hydrogens (tertiary/aromatic N) is 4. The molecule has 0 aliphatic heterocycles. The van der Waals surface area contributed by atoms with Crippen LogP contribution in [0.25, 0.3) is 0 Å². The van der Waals surface area contributed by atoms with Gasteiger partial charge in [-0.3, -0.25) is 9.98 Å². The van der Waals surface area contributed by atoms with Crippen molar-refractivity contribution in [2.24, 2.45) is 31.9 Å². The van der Waals surface area contributed by atoms with Crippen molar-refractivity contribution in [2.75, 3.05) is 39.5 Å². The summed E-state index contributed by atoms with van der Waals surface area (Å²) >= 11 is 0. The van der Waals surface area contributed by atoms with Gasteiger partial charge in [0.1, 0.15) is 0 Å². The van der Waals surface area contributed by atoms with Gasteiger partial charge in [-0.05, 0) is 26.7 Å². The van der Waals surface area contributed by atoms with Crippen LogP contribution < -0.4 is 11.7 Å². The van der Waals surface area contributed by atoms with Gasteiger partial charge in [0.05, 0.1) is 37.7 Å². The first-order valence-corrected chi connectivity index (χ1v) is 7.34. The lowest BCUT2D eigenvalue weighted by atomic mass is 10.3. The lowest BCUT2D eigenvalue weighted by Gasteiger charge is -2.03. The zero-order chi connectivity index (χ0) is 16.5. The maximum absolute atomic E-state index is 5.44. The molecule has 0 bridgehead atoms. The third kappa shape index (κ3) is 14.6. The van der Waals surface area contributed by atoms with Gasteiger partial charge in [-0.15, -0.1) is 0 Å². The molecule has 0 spiro atoms. The van der Waals surface area contributed by atoms with Gasteiger partial charge >= 0.3 is 0 Å². The molecular weight excluding hydrogens is 284 g/mol. The molecule has 8 nitrogen and oxygen atoms in total. The first-order valence-electron chi connectivity index (χ1n) is 7.34. The minimum atomic E-state index is 0.603. The van der Waals surface area contributed by atoms with Crippen molar-refractivity contribution in [2.45, 2.75) is 26.7 Å². The molecule has 0 aliphatic carbocycles. The molecule has 4 N–H and O–H groups in total. The van der Waals surface area contributed by atoms with E-state index in [0.717, 1.165) is 12.8 Å². The smallest absolute Gasteiger partial charge is 0.0747 e. The summed E-state index contributed by atoms with van der Waals surface area (Å²) in [5.74, 6) is 10.1. The molecule has 0 radical (unpaired) electrons. The Morgan fingerprint density at radius 3 is 1.55 bits per heavy atom. The van der Waals surface area contributed by atoms with Crippen molar-refractivity contribution in [3.8, 4) is 0 Å². The Morgan fingerprint density at radius 1 is 0.773 bits per heavy atom. The Morgan fingerprint density at radius 2 is 1.18 bits per heavy atom. The summed E-state index contributed by atoms with van der Waals surface area (Å²) in [4.78, 5) is 8.24. The van der Waals surface area contributed by atoms with Crippen LogP contribution in [0.3, 0.4) is 0 Å². The van der Waals surface area contributed by atoms with Crippen molar-refractivity contribution < 1.29 is 9.47 Å². The average Bonchev–Trinajstić information content (AvgIpc) is 2.54. The predicted octanol–water partition coefficient (Wildman–Crippen LogP) is 0.611. The number of hydrogen-bond acceptors (Lipinski definition) is 8. The zero-order valence-corrected chi connectivity index (χ0v) is 13.6. The van der Waals surface area contributed by atoms with Crippen LogP contribution in [0.15, 0.2) is 20.2 Å². The van der Waals surface area contributed by atoms with E-state index in [-0.39, 0.29) is 0 Å². The second kappa shape index (κ2) is 15.6. The lowest BCUT2D eigenvalue weighted by molar-refractivity contribution is 0.110. The van der Waals surface area contributed by atoms with Crippen LogP contribution in [0.2, 0.25) is 0 Å². The van der Waals surface area contributed by atoms with E-state index in [1.165, 1.54) is 0 Å². The predicted molar refractivity (Wildman–Crippen MR) is 92.2 cm³/mol. The van der Waals surface area contributed by atoms with Crippen LogP contribution in [0.4, 0.5) is 0 Å². The Bertz CT molecular complexity index is 344. The third-order valence-electron chi connectivity index (χ3n) is 2.52. The Labute approximate surface area is 132 Å². The molecule has 0 fully saturated rings. The van der Waals surface area contributed by atoms with Crippen molar-refractivity contribution >= 4 is 23.9 Å². The SMILES string of the molecule is CC(C=NCCOCCCCOCCN=CC(C)=NN)=NN. The van der Waals surface area contributed by atoms with E-state index in [2.05, 4.69) is 20.2 Å². The fourth-order valence-electron chi connectivity index (χ4n) is 1.31. The summed E-state index contributed by atoms with van der Waals surface area (Å²) in [7, 11) is 0. The molecule has 126 valence electrons. The summed E-state index contributed by atoms with van der Waals surface area (Å²) in [5, 5.41) is 6.98. The lowest BCUT2D eigenvalue weighted by Crippen LogP contribution is -2.05. The molecule has 0 saturated carbocycles. The van der Waals surface area contributed by atoms with Gasteiger partial charge in [0.15, 0.2) is 0 Å². The number of rotatable bonds is 13. The Balaban J connectivity index is 3.24. The fraction of sp³-hybridized carbons (Fsp3) is 0.714. The second-order valence-corrected chi connectivity index (χ2v) is 4.54. The molecule has 0 aromatic carbocycles. The first-order chi connectivity index (χ1) is 10.7. The van der Waals surface area contributed by atoms with Crippen LogP contribution in [0, 0.1) is 0 Å². The summed E-state index contributed by atoms with van der Waals surface area (Å²) in [6.45, 7) is 7.46. The van der Waals surface area contributed by atoms with E-state index in [0.29, 0.717) is 50.9 Å². The van der Waals surface area contributed by atoms with E-state index in [1.807, 2.05) is 0 Å². The third-order valence-corrected chi connectivity index (χ3v) is 2.52. The average molecular weight is 312 g/mol. The van der Waals surface area contributed by atoms with Crippen LogP contribution in [0.5, 0.6) is 0 Å². The van der Waals surface area contributed by atoms with Crippen molar-refractivity contribution in [3.05, 3.63) is 0 Å². The molecular formula is C14H28N6O2.